The lowest BCUT2D eigenvalue weighted by atomic mass is 9.91. The van der Waals surface area contributed by atoms with E-state index in [9.17, 15) is 9.59 Å². The summed E-state index contributed by atoms with van der Waals surface area (Å²) in [5.41, 5.74) is 1.72. The number of hydrogen-bond donors (Lipinski definition) is 2. The third-order valence-corrected chi connectivity index (χ3v) is 4.83. The van der Waals surface area contributed by atoms with Crippen LogP contribution in [0.5, 0.6) is 0 Å². The molecule has 2 aromatic heterocycles. The number of fused-ring (bicyclic) bond motifs is 1. The first kappa shape index (κ1) is 13.2. The summed E-state index contributed by atoms with van der Waals surface area (Å²) < 4.78 is 1.74. The Balaban J connectivity index is 2.21. The van der Waals surface area contributed by atoms with Crippen molar-refractivity contribution >= 4 is 23.1 Å². The number of nitrogens with zero attached hydrogens (tertiary/aromatic N) is 1. The maximum atomic E-state index is 12.3. The maximum Gasteiger partial charge on any atom is 0.270 e. The molecule has 0 spiro atoms. The van der Waals surface area contributed by atoms with Gasteiger partial charge in [-0.3, -0.25) is 19.4 Å². The lowest BCUT2D eigenvalue weighted by Gasteiger charge is -2.23. The first-order chi connectivity index (χ1) is 9.49. The van der Waals surface area contributed by atoms with Crippen molar-refractivity contribution < 1.29 is 4.79 Å². The largest absolute Gasteiger partial charge is 0.311 e. The molecule has 0 fully saturated rings. The van der Waals surface area contributed by atoms with Crippen LogP contribution in [0, 0.1) is 6.92 Å². The van der Waals surface area contributed by atoms with Crippen molar-refractivity contribution in [2.75, 3.05) is 5.32 Å². The van der Waals surface area contributed by atoms with E-state index in [0.717, 1.165) is 10.4 Å². The average Bonchev–Trinajstić information content (AvgIpc) is 2.93. The molecule has 5 nitrogen and oxygen atoms in total. The van der Waals surface area contributed by atoms with E-state index in [1.165, 1.54) is 0 Å². The summed E-state index contributed by atoms with van der Waals surface area (Å²) in [5.74, 6) is 0.449. The van der Waals surface area contributed by atoms with Crippen molar-refractivity contribution in [2.24, 2.45) is 0 Å². The number of thiophene rings is 1. The molecule has 0 saturated heterocycles. The van der Waals surface area contributed by atoms with Gasteiger partial charge in [0, 0.05) is 23.3 Å². The van der Waals surface area contributed by atoms with Gasteiger partial charge in [-0.25, -0.2) is 0 Å². The fourth-order valence-corrected chi connectivity index (χ4v) is 3.77. The number of aromatic nitrogens is 2. The number of carbonyl (C=O) groups excluding carboxylic acids is 1. The van der Waals surface area contributed by atoms with Gasteiger partial charge in [0.15, 0.2) is 0 Å². The van der Waals surface area contributed by atoms with Gasteiger partial charge in [0.1, 0.15) is 5.82 Å². The molecule has 3 rings (SSSR count). The summed E-state index contributed by atoms with van der Waals surface area (Å²) >= 11 is 1.61. The van der Waals surface area contributed by atoms with E-state index < -0.39 is 0 Å². The van der Waals surface area contributed by atoms with Gasteiger partial charge in [-0.2, -0.15) is 0 Å². The summed E-state index contributed by atoms with van der Waals surface area (Å²) in [4.78, 5) is 25.4. The Bertz CT molecular complexity index is 723. The van der Waals surface area contributed by atoms with Gasteiger partial charge >= 0.3 is 0 Å². The number of nitrogens with one attached hydrogen (secondary N) is 2. The normalized spacial score (nSPS) is 18.2. The highest BCUT2D eigenvalue weighted by Crippen LogP contribution is 2.39. The zero-order valence-electron chi connectivity index (χ0n) is 11.7. The number of H-pyrrole nitrogens is 1. The fraction of sp³-hybridized carbons (Fsp3) is 0.429. The monoisotopic (exact) mass is 291 g/mol. The Labute approximate surface area is 120 Å². The molecule has 0 radical (unpaired) electrons. The van der Waals surface area contributed by atoms with Crippen LogP contribution in [0.25, 0.3) is 0 Å². The predicted octanol–water partition coefficient (Wildman–Crippen LogP) is 2.60. The van der Waals surface area contributed by atoms with E-state index in [0.29, 0.717) is 17.8 Å². The number of aromatic amines is 1. The standard InChI is InChI=1S/C14H17N3O2S/c1-7(2)17-13-11(14(19)16-17)9(6-10(18)15-13)12-8(3)4-5-20-12/h4-5,7,9H,6H2,1-3H3,(H,15,18)(H,16,19)/t9-/m1/s1. The van der Waals surface area contributed by atoms with E-state index in [-0.39, 0.29) is 23.4 Å². The van der Waals surface area contributed by atoms with E-state index in [2.05, 4.69) is 10.4 Å². The van der Waals surface area contributed by atoms with Crippen LogP contribution >= 0.6 is 11.3 Å². The van der Waals surface area contributed by atoms with Gasteiger partial charge in [0.2, 0.25) is 5.91 Å². The zero-order valence-corrected chi connectivity index (χ0v) is 12.5. The Morgan fingerprint density at radius 1 is 1.40 bits per heavy atom. The van der Waals surface area contributed by atoms with E-state index in [1.807, 2.05) is 32.2 Å². The molecule has 1 aliphatic heterocycles. The molecular weight excluding hydrogens is 274 g/mol. The highest BCUT2D eigenvalue weighted by molar-refractivity contribution is 7.10. The molecule has 2 N–H and O–H groups in total. The molecule has 0 saturated carbocycles. The van der Waals surface area contributed by atoms with Gasteiger partial charge in [-0.1, -0.05) is 0 Å². The smallest absolute Gasteiger partial charge is 0.270 e. The van der Waals surface area contributed by atoms with Crippen molar-refractivity contribution in [1.82, 2.24) is 9.78 Å². The molecule has 0 aromatic carbocycles. The number of aryl methyl sites for hydroxylation is 1. The summed E-state index contributed by atoms with van der Waals surface area (Å²) in [6.07, 6.45) is 0.333. The summed E-state index contributed by atoms with van der Waals surface area (Å²) in [6, 6.07) is 2.12. The Morgan fingerprint density at radius 3 is 2.75 bits per heavy atom. The third-order valence-electron chi connectivity index (χ3n) is 3.69. The van der Waals surface area contributed by atoms with Crippen molar-refractivity contribution in [1.29, 1.82) is 0 Å². The Kier molecular flexibility index (Phi) is 3.05. The van der Waals surface area contributed by atoms with E-state index >= 15 is 0 Å². The summed E-state index contributed by atoms with van der Waals surface area (Å²) in [6.45, 7) is 5.97. The lowest BCUT2D eigenvalue weighted by Crippen LogP contribution is -2.27. The Hall–Kier alpha value is -1.82. The van der Waals surface area contributed by atoms with Gasteiger partial charge in [0.05, 0.1) is 5.56 Å². The first-order valence-corrected chi connectivity index (χ1v) is 7.55. The van der Waals surface area contributed by atoms with Crippen LogP contribution in [0.2, 0.25) is 0 Å². The van der Waals surface area contributed by atoms with Crippen molar-refractivity contribution in [3.8, 4) is 0 Å². The second-order valence-corrected chi connectivity index (χ2v) is 6.39. The van der Waals surface area contributed by atoms with Crippen LogP contribution in [-0.4, -0.2) is 15.7 Å². The molecule has 2 aromatic rings. The molecule has 0 unspecified atom stereocenters. The number of hydrogen-bond acceptors (Lipinski definition) is 3. The van der Waals surface area contributed by atoms with Crippen LogP contribution in [0.15, 0.2) is 16.2 Å². The molecular formula is C14H17N3O2S. The fourth-order valence-electron chi connectivity index (χ4n) is 2.74. The van der Waals surface area contributed by atoms with Gasteiger partial charge in [-0.05, 0) is 37.8 Å². The minimum atomic E-state index is -0.137. The molecule has 106 valence electrons. The number of rotatable bonds is 2. The molecule has 0 aliphatic carbocycles. The van der Waals surface area contributed by atoms with Crippen LogP contribution in [0.4, 0.5) is 5.82 Å². The van der Waals surface area contributed by atoms with Gasteiger partial charge in [-0.15, -0.1) is 11.3 Å². The first-order valence-electron chi connectivity index (χ1n) is 6.67. The van der Waals surface area contributed by atoms with Crippen molar-refractivity contribution in [3.63, 3.8) is 0 Å². The lowest BCUT2D eigenvalue weighted by molar-refractivity contribution is -0.116. The topological polar surface area (TPSA) is 66.9 Å². The second-order valence-electron chi connectivity index (χ2n) is 5.44. The molecule has 1 amide bonds. The third kappa shape index (κ3) is 1.91. The minimum Gasteiger partial charge on any atom is -0.311 e. The van der Waals surface area contributed by atoms with Crippen LogP contribution in [0.1, 0.15) is 48.2 Å². The molecule has 3 heterocycles. The molecule has 1 atom stereocenters. The highest BCUT2D eigenvalue weighted by atomic mass is 32.1. The van der Waals surface area contributed by atoms with Gasteiger partial charge in [0.25, 0.3) is 5.56 Å². The van der Waals surface area contributed by atoms with Crippen LogP contribution in [0.3, 0.4) is 0 Å². The maximum absolute atomic E-state index is 12.3. The van der Waals surface area contributed by atoms with Crippen LogP contribution in [-0.2, 0) is 4.79 Å². The molecule has 6 heteroatoms. The number of amides is 1. The van der Waals surface area contributed by atoms with Crippen LogP contribution < -0.4 is 10.9 Å². The molecule has 0 bridgehead atoms. The summed E-state index contributed by atoms with van der Waals surface area (Å²) in [5, 5.41) is 7.68. The number of anilines is 1. The number of carbonyl (C=O) groups is 1. The Morgan fingerprint density at radius 2 is 2.15 bits per heavy atom. The predicted molar refractivity (Wildman–Crippen MR) is 79.6 cm³/mol. The van der Waals surface area contributed by atoms with Gasteiger partial charge < -0.3 is 5.32 Å². The van der Waals surface area contributed by atoms with E-state index in [4.69, 9.17) is 0 Å². The SMILES string of the molecule is Cc1ccsc1[C@@H]1CC(=O)Nc2c1c(=O)[nH]n2C(C)C. The minimum absolute atomic E-state index is 0.0382. The molecule has 20 heavy (non-hydrogen) atoms. The quantitative estimate of drug-likeness (QED) is 0.893. The second kappa shape index (κ2) is 4.63. The van der Waals surface area contributed by atoms with Crippen molar-refractivity contribution in [3.05, 3.63) is 37.8 Å². The summed E-state index contributed by atoms with van der Waals surface area (Å²) in [7, 11) is 0. The van der Waals surface area contributed by atoms with Crippen molar-refractivity contribution in [2.45, 2.75) is 39.2 Å². The zero-order chi connectivity index (χ0) is 14.4. The average molecular weight is 291 g/mol. The molecule has 1 aliphatic rings. The van der Waals surface area contributed by atoms with E-state index in [1.54, 1.807) is 16.0 Å². The highest BCUT2D eigenvalue weighted by Gasteiger charge is 2.34.